The van der Waals surface area contributed by atoms with Crippen LogP contribution in [0.15, 0.2) is 22.5 Å². The number of rotatable bonds is 8. The second kappa shape index (κ2) is 12.9. The molecule has 1 aromatic rings. The molecule has 0 bridgehead atoms. The van der Waals surface area contributed by atoms with E-state index in [9.17, 15) is 0 Å². The Morgan fingerprint density at radius 2 is 1.96 bits per heavy atom. The lowest BCUT2D eigenvalue weighted by Gasteiger charge is -2.39. The van der Waals surface area contributed by atoms with Crippen LogP contribution in [-0.4, -0.2) is 74.7 Å². The second-order valence-corrected chi connectivity index (χ2v) is 8.16. The third-order valence-corrected chi connectivity index (χ3v) is 5.74. The van der Waals surface area contributed by atoms with Gasteiger partial charge in [0.15, 0.2) is 5.96 Å². The van der Waals surface area contributed by atoms with Gasteiger partial charge in [0.1, 0.15) is 0 Å². The fraction of sp³-hybridized carbons (Fsp3) is 0.737. The lowest BCUT2D eigenvalue weighted by Crippen LogP contribution is -2.52. The van der Waals surface area contributed by atoms with Gasteiger partial charge in [-0.05, 0) is 37.8 Å². The van der Waals surface area contributed by atoms with Gasteiger partial charge < -0.3 is 15.5 Å². The van der Waals surface area contributed by atoms with Gasteiger partial charge in [-0.1, -0.05) is 19.9 Å². The smallest absolute Gasteiger partial charge is 0.191 e. The highest BCUT2D eigenvalue weighted by Gasteiger charge is 2.24. The van der Waals surface area contributed by atoms with E-state index in [1.54, 1.807) is 0 Å². The van der Waals surface area contributed by atoms with Gasteiger partial charge in [-0.25, -0.2) is 0 Å². The molecule has 26 heavy (non-hydrogen) atoms. The Morgan fingerprint density at radius 1 is 1.23 bits per heavy atom. The number of nitrogens with zero attached hydrogens (tertiary/aromatic N) is 3. The summed E-state index contributed by atoms with van der Waals surface area (Å²) >= 11 is 1.82. The number of nitrogens with one attached hydrogen (secondary N) is 2. The molecule has 0 radical (unpaired) electrons. The fourth-order valence-electron chi connectivity index (χ4n) is 3.19. The minimum absolute atomic E-state index is 0. The van der Waals surface area contributed by atoms with E-state index >= 15 is 0 Å². The molecule has 2 rings (SSSR count). The van der Waals surface area contributed by atoms with Crippen molar-refractivity contribution in [2.45, 2.75) is 33.2 Å². The highest BCUT2D eigenvalue weighted by atomic mass is 127. The zero-order chi connectivity index (χ0) is 18.1. The van der Waals surface area contributed by atoms with Crippen molar-refractivity contribution in [2.24, 2.45) is 10.9 Å². The Kier molecular flexibility index (Phi) is 11.7. The predicted molar refractivity (Wildman–Crippen MR) is 125 cm³/mol. The van der Waals surface area contributed by atoms with Crippen LogP contribution in [0.25, 0.3) is 0 Å². The summed E-state index contributed by atoms with van der Waals surface area (Å²) in [6.45, 7) is 14.0. The van der Waals surface area contributed by atoms with Gasteiger partial charge >= 0.3 is 0 Å². The Bertz CT molecular complexity index is 498. The van der Waals surface area contributed by atoms with Crippen LogP contribution in [0.5, 0.6) is 0 Å². The van der Waals surface area contributed by atoms with Crippen LogP contribution < -0.4 is 10.6 Å². The van der Waals surface area contributed by atoms with Crippen molar-refractivity contribution >= 4 is 41.3 Å². The van der Waals surface area contributed by atoms with E-state index in [0.29, 0.717) is 12.0 Å². The Hall–Kier alpha value is -0.380. The van der Waals surface area contributed by atoms with Crippen molar-refractivity contribution in [1.82, 2.24) is 20.4 Å². The third kappa shape index (κ3) is 8.10. The van der Waals surface area contributed by atoms with Gasteiger partial charge in [0.2, 0.25) is 0 Å². The van der Waals surface area contributed by atoms with Gasteiger partial charge in [-0.3, -0.25) is 9.89 Å². The van der Waals surface area contributed by atoms with E-state index < -0.39 is 0 Å². The maximum Gasteiger partial charge on any atom is 0.191 e. The fourth-order valence-corrected chi connectivity index (χ4v) is 3.90. The maximum absolute atomic E-state index is 4.89. The van der Waals surface area contributed by atoms with Gasteiger partial charge in [-0.2, -0.15) is 0 Å². The number of hydrogen-bond donors (Lipinski definition) is 2. The summed E-state index contributed by atoms with van der Waals surface area (Å²) in [5.41, 5.74) is 0. The third-order valence-electron chi connectivity index (χ3n) is 4.80. The van der Waals surface area contributed by atoms with Crippen molar-refractivity contribution < 1.29 is 0 Å². The first kappa shape index (κ1) is 23.7. The van der Waals surface area contributed by atoms with Gasteiger partial charge in [0.25, 0.3) is 0 Å². The van der Waals surface area contributed by atoms with E-state index in [-0.39, 0.29) is 24.0 Å². The van der Waals surface area contributed by atoms with Crippen LogP contribution in [0.2, 0.25) is 0 Å². The highest BCUT2D eigenvalue weighted by molar-refractivity contribution is 14.0. The highest BCUT2D eigenvalue weighted by Crippen LogP contribution is 2.14. The normalized spacial score (nSPS) is 17.8. The maximum atomic E-state index is 4.89. The Balaban J connectivity index is 0.00000338. The molecule has 0 spiro atoms. The zero-order valence-corrected chi connectivity index (χ0v) is 19.8. The summed E-state index contributed by atoms with van der Waals surface area (Å²) in [7, 11) is 2.21. The molecule has 5 nitrogen and oxygen atoms in total. The van der Waals surface area contributed by atoms with Gasteiger partial charge in [0.05, 0.1) is 6.54 Å². The number of likely N-dealkylation sites (N-methyl/N-ethyl adjacent to an activating group) is 1. The minimum atomic E-state index is 0. The minimum Gasteiger partial charge on any atom is -0.357 e. The molecule has 1 aliphatic rings. The summed E-state index contributed by atoms with van der Waals surface area (Å²) in [6, 6.07) is 4.82. The van der Waals surface area contributed by atoms with Crippen molar-refractivity contribution in [2.75, 3.05) is 52.9 Å². The largest absolute Gasteiger partial charge is 0.357 e. The van der Waals surface area contributed by atoms with Crippen LogP contribution >= 0.6 is 35.3 Å². The van der Waals surface area contributed by atoms with Crippen molar-refractivity contribution in [1.29, 1.82) is 0 Å². The van der Waals surface area contributed by atoms with Crippen molar-refractivity contribution in [3.63, 3.8) is 0 Å². The Morgan fingerprint density at radius 3 is 2.54 bits per heavy atom. The van der Waals surface area contributed by atoms with Crippen LogP contribution in [0.1, 0.15) is 25.6 Å². The van der Waals surface area contributed by atoms with Crippen LogP contribution in [0, 0.1) is 5.92 Å². The number of hydrogen-bond acceptors (Lipinski definition) is 4. The predicted octanol–water partition coefficient (Wildman–Crippen LogP) is 2.74. The average molecular weight is 494 g/mol. The van der Waals surface area contributed by atoms with Crippen LogP contribution in [0.3, 0.4) is 0 Å². The quantitative estimate of drug-likeness (QED) is 0.332. The summed E-state index contributed by atoms with van der Waals surface area (Å²) in [5, 5.41) is 9.00. The topological polar surface area (TPSA) is 42.9 Å². The van der Waals surface area contributed by atoms with Crippen molar-refractivity contribution in [3.8, 4) is 0 Å². The standard InChI is InChI=1S/C19H35N5S.HI/c1-5-20-19(21-9-8-17-7-6-14-25-17)22-15-18(16(2)3)24-12-10-23(4)11-13-24;/h6-7,14,16,18H,5,8-13,15H2,1-4H3,(H2,20,21,22);1H. The summed E-state index contributed by atoms with van der Waals surface area (Å²) in [4.78, 5) is 11.3. The molecular formula is C19H36IN5S. The summed E-state index contributed by atoms with van der Waals surface area (Å²) in [6.07, 6.45) is 1.05. The molecule has 1 atom stereocenters. The van der Waals surface area contributed by atoms with E-state index in [0.717, 1.165) is 58.2 Å². The number of halogens is 1. The molecule has 0 saturated carbocycles. The van der Waals surface area contributed by atoms with E-state index in [1.165, 1.54) is 4.88 Å². The molecule has 1 saturated heterocycles. The molecule has 0 aliphatic carbocycles. The lowest BCUT2D eigenvalue weighted by atomic mass is 10.0. The van der Waals surface area contributed by atoms with Crippen molar-refractivity contribution in [3.05, 3.63) is 22.4 Å². The molecule has 150 valence electrons. The lowest BCUT2D eigenvalue weighted by molar-refractivity contribution is 0.0925. The number of thiophene rings is 1. The van der Waals surface area contributed by atoms with Crippen LogP contribution in [0.4, 0.5) is 0 Å². The number of aliphatic imine (C=N–C) groups is 1. The zero-order valence-electron chi connectivity index (χ0n) is 16.7. The molecule has 0 amide bonds. The average Bonchev–Trinajstić information content (AvgIpc) is 3.09. The molecule has 1 aromatic heterocycles. The SMILES string of the molecule is CCNC(=NCC(C(C)C)N1CCN(C)CC1)NCCc1cccs1.I. The first-order valence-corrected chi connectivity index (χ1v) is 10.4. The molecule has 7 heteroatoms. The molecule has 2 heterocycles. The van der Waals surface area contributed by atoms with E-state index in [2.05, 4.69) is 65.8 Å². The van der Waals surface area contributed by atoms with E-state index in [4.69, 9.17) is 4.99 Å². The van der Waals surface area contributed by atoms with E-state index in [1.807, 2.05) is 11.3 Å². The molecule has 1 aliphatic heterocycles. The first-order valence-electron chi connectivity index (χ1n) is 9.57. The first-order chi connectivity index (χ1) is 12.1. The summed E-state index contributed by atoms with van der Waals surface area (Å²) in [5.74, 6) is 1.56. The molecule has 1 fully saturated rings. The second-order valence-electron chi connectivity index (χ2n) is 7.13. The van der Waals surface area contributed by atoms with Gasteiger partial charge in [0, 0.05) is 50.2 Å². The van der Waals surface area contributed by atoms with Crippen LogP contribution in [-0.2, 0) is 6.42 Å². The monoisotopic (exact) mass is 493 g/mol. The number of piperazine rings is 1. The molecular weight excluding hydrogens is 457 g/mol. The molecule has 0 aromatic carbocycles. The molecule has 1 unspecified atom stereocenters. The summed E-state index contributed by atoms with van der Waals surface area (Å²) < 4.78 is 0. The molecule has 2 N–H and O–H groups in total. The Labute approximate surface area is 180 Å². The van der Waals surface area contributed by atoms with Gasteiger partial charge in [-0.15, -0.1) is 35.3 Å². The number of guanidine groups is 1.